The van der Waals surface area contributed by atoms with Crippen molar-refractivity contribution >= 4 is 5.91 Å². The number of hydrogen-bond donors (Lipinski definition) is 12. The molecular formula is C62H119NO18. The largest absolute Gasteiger partial charge is 0.394 e. The van der Waals surface area contributed by atoms with Gasteiger partial charge in [-0.2, -0.15) is 0 Å². The fraction of sp³-hybridized carbons (Fsp3) is 0.984. The van der Waals surface area contributed by atoms with Crippen LogP contribution < -0.4 is 5.32 Å². The van der Waals surface area contributed by atoms with Gasteiger partial charge >= 0.3 is 0 Å². The van der Waals surface area contributed by atoms with E-state index in [2.05, 4.69) is 19.2 Å². The van der Waals surface area contributed by atoms with Crippen LogP contribution >= 0.6 is 0 Å². The number of aliphatic hydroxyl groups is 11. The Bertz CT molecular complexity index is 1490. The summed E-state index contributed by atoms with van der Waals surface area (Å²) < 4.78 is 34.3. The van der Waals surface area contributed by atoms with Gasteiger partial charge in [0.05, 0.1) is 38.6 Å². The van der Waals surface area contributed by atoms with Crippen molar-refractivity contribution in [2.45, 2.75) is 362 Å². The average Bonchev–Trinajstić information content (AvgIpc) is 3.58. The van der Waals surface area contributed by atoms with E-state index >= 15 is 0 Å². The van der Waals surface area contributed by atoms with Crippen LogP contribution in [0.4, 0.5) is 0 Å². The summed E-state index contributed by atoms with van der Waals surface area (Å²) in [6, 6.07) is -0.880. The Kier molecular flexibility index (Phi) is 42.1. The highest BCUT2D eigenvalue weighted by Crippen LogP contribution is 2.33. The number of carbonyl (C=O) groups excluding carboxylic acids is 1. The summed E-state index contributed by atoms with van der Waals surface area (Å²) in [5.41, 5.74) is 0. The number of ether oxygens (including phenoxy) is 6. The molecule has 81 heavy (non-hydrogen) atoms. The summed E-state index contributed by atoms with van der Waals surface area (Å²) >= 11 is 0. The van der Waals surface area contributed by atoms with Crippen LogP contribution in [0.2, 0.25) is 0 Å². The van der Waals surface area contributed by atoms with E-state index in [1.165, 1.54) is 180 Å². The van der Waals surface area contributed by atoms with Crippen LogP contribution in [0.5, 0.6) is 0 Å². The maximum atomic E-state index is 13.4. The molecule has 3 aliphatic rings. The SMILES string of the molecule is CCCCCCCCCCCCCCCCCCCCCCCCCCC(=O)NC(COC1OC(CO)C(OC2OC(CO)C(OC3OC(CO)C(O)C(O)C3O)C(O)C2O)C(O)C1O)C(O)CCCCCCCCCCCCCC. The molecule has 19 heteroatoms. The molecular weight excluding hydrogens is 1050 g/mol. The lowest BCUT2D eigenvalue weighted by Crippen LogP contribution is -2.66. The molecule has 0 radical (unpaired) electrons. The normalized spacial score (nSPS) is 29.7. The minimum absolute atomic E-state index is 0.238. The van der Waals surface area contributed by atoms with Crippen molar-refractivity contribution in [1.29, 1.82) is 0 Å². The zero-order valence-electron chi connectivity index (χ0n) is 50.3. The molecule has 19 nitrogen and oxygen atoms in total. The third-order valence-electron chi connectivity index (χ3n) is 16.9. The van der Waals surface area contributed by atoms with E-state index in [0.29, 0.717) is 12.8 Å². The monoisotopic (exact) mass is 1170 g/mol. The molecule has 480 valence electrons. The van der Waals surface area contributed by atoms with Gasteiger partial charge in [-0.15, -0.1) is 0 Å². The molecule has 3 rings (SSSR count). The molecule has 0 aromatic heterocycles. The molecule has 17 unspecified atom stereocenters. The smallest absolute Gasteiger partial charge is 0.220 e. The summed E-state index contributed by atoms with van der Waals surface area (Å²) in [5.74, 6) is -0.238. The average molecular weight is 1170 g/mol. The summed E-state index contributed by atoms with van der Waals surface area (Å²) in [4.78, 5) is 13.4. The Hall–Kier alpha value is -1.21. The molecule has 0 aromatic rings. The lowest BCUT2D eigenvalue weighted by molar-refractivity contribution is -0.379. The molecule has 3 heterocycles. The van der Waals surface area contributed by atoms with Crippen LogP contribution in [-0.4, -0.2) is 193 Å². The van der Waals surface area contributed by atoms with Crippen LogP contribution in [0.1, 0.15) is 258 Å². The second-order valence-corrected chi connectivity index (χ2v) is 23.9. The minimum Gasteiger partial charge on any atom is -0.394 e. The van der Waals surface area contributed by atoms with Crippen molar-refractivity contribution in [1.82, 2.24) is 5.32 Å². The third-order valence-corrected chi connectivity index (χ3v) is 16.9. The Balaban J connectivity index is 1.42. The Morgan fingerprint density at radius 2 is 0.704 bits per heavy atom. The highest BCUT2D eigenvalue weighted by Gasteiger charge is 2.53. The van der Waals surface area contributed by atoms with Gasteiger partial charge in [-0.25, -0.2) is 0 Å². The lowest BCUT2D eigenvalue weighted by atomic mass is 9.96. The number of rotatable bonds is 50. The van der Waals surface area contributed by atoms with E-state index in [4.69, 9.17) is 28.4 Å². The fourth-order valence-electron chi connectivity index (χ4n) is 11.6. The lowest BCUT2D eigenvalue weighted by Gasteiger charge is -2.48. The molecule has 3 saturated heterocycles. The van der Waals surface area contributed by atoms with Crippen LogP contribution in [0.25, 0.3) is 0 Å². The van der Waals surface area contributed by atoms with Gasteiger partial charge in [0.25, 0.3) is 0 Å². The van der Waals surface area contributed by atoms with Gasteiger partial charge in [0.15, 0.2) is 18.9 Å². The molecule has 1 amide bonds. The van der Waals surface area contributed by atoms with Crippen molar-refractivity contribution in [3.63, 3.8) is 0 Å². The zero-order valence-corrected chi connectivity index (χ0v) is 50.3. The van der Waals surface area contributed by atoms with E-state index in [9.17, 15) is 61.0 Å². The van der Waals surface area contributed by atoms with Crippen molar-refractivity contribution in [3.05, 3.63) is 0 Å². The quantitative estimate of drug-likeness (QED) is 0.0269. The van der Waals surface area contributed by atoms with Crippen LogP contribution in [0.15, 0.2) is 0 Å². The third kappa shape index (κ3) is 29.4. The standard InChI is InChI=1S/C62H119NO18/c1-3-5-7-9-11-13-15-17-18-19-20-21-22-23-24-25-26-27-28-30-32-34-36-38-40-50(68)63-45(46(67)39-37-35-33-31-29-16-14-12-10-8-6-4-2)44-76-60-56(74)53(71)58(48(42-65)78-60)81-62-57(75)54(72)59(49(43-66)79-62)80-61-55(73)52(70)51(69)47(41-64)77-61/h45-49,51-62,64-67,69-75H,3-44H2,1-2H3,(H,63,68). The molecule has 3 fully saturated rings. The summed E-state index contributed by atoms with van der Waals surface area (Å²) in [6.07, 6.45) is 19.1. The predicted octanol–water partition coefficient (Wildman–Crippen LogP) is 7.16. The molecule has 12 N–H and O–H groups in total. The highest BCUT2D eigenvalue weighted by molar-refractivity contribution is 5.76. The topological polar surface area (TPSA) is 307 Å². The van der Waals surface area contributed by atoms with Gasteiger partial charge in [0.2, 0.25) is 5.91 Å². The van der Waals surface area contributed by atoms with Crippen molar-refractivity contribution < 1.29 is 89.4 Å². The first kappa shape index (κ1) is 74.0. The van der Waals surface area contributed by atoms with E-state index in [-0.39, 0.29) is 18.9 Å². The van der Waals surface area contributed by atoms with Crippen molar-refractivity contribution in [2.75, 3.05) is 26.4 Å². The predicted molar refractivity (Wildman–Crippen MR) is 310 cm³/mol. The van der Waals surface area contributed by atoms with Gasteiger partial charge in [-0.05, 0) is 12.8 Å². The van der Waals surface area contributed by atoms with Gasteiger partial charge in [-0.1, -0.05) is 239 Å². The first-order valence-corrected chi connectivity index (χ1v) is 32.8. The molecule has 17 atom stereocenters. The van der Waals surface area contributed by atoms with Crippen molar-refractivity contribution in [2.24, 2.45) is 0 Å². The fourth-order valence-corrected chi connectivity index (χ4v) is 11.6. The summed E-state index contributed by atoms with van der Waals surface area (Å²) in [6.45, 7) is 1.81. The molecule has 0 aliphatic carbocycles. The molecule has 0 bridgehead atoms. The maximum absolute atomic E-state index is 13.4. The van der Waals surface area contributed by atoms with E-state index in [0.717, 1.165) is 44.9 Å². The van der Waals surface area contributed by atoms with E-state index in [1.54, 1.807) is 0 Å². The Morgan fingerprint density at radius 3 is 1.07 bits per heavy atom. The van der Waals surface area contributed by atoms with Gasteiger partial charge in [0.1, 0.15) is 73.2 Å². The van der Waals surface area contributed by atoms with Crippen molar-refractivity contribution in [3.8, 4) is 0 Å². The van der Waals surface area contributed by atoms with Crippen LogP contribution in [-0.2, 0) is 33.2 Å². The number of aliphatic hydroxyl groups excluding tert-OH is 11. The molecule has 0 saturated carbocycles. The zero-order chi connectivity index (χ0) is 59.0. The first-order valence-electron chi connectivity index (χ1n) is 32.8. The second kappa shape index (κ2) is 46.0. The van der Waals surface area contributed by atoms with Crippen LogP contribution in [0, 0.1) is 0 Å². The van der Waals surface area contributed by atoms with Gasteiger partial charge in [0, 0.05) is 6.42 Å². The van der Waals surface area contributed by atoms with Gasteiger partial charge < -0.3 is 89.9 Å². The second-order valence-electron chi connectivity index (χ2n) is 23.9. The summed E-state index contributed by atoms with van der Waals surface area (Å²) in [7, 11) is 0. The minimum atomic E-state index is -1.97. The molecule has 0 aromatic carbocycles. The number of unbranched alkanes of at least 4 members (excludes halogenated alkanes) is 34. The number of amides is 1. The van der Waals surface area contributed by atoms with Crippen LogP contribution in [0.3, 0.4) is 0 Å². The summed E-state index contributed by atoms with van der Waals surface area (Å²) in [5, 5.41) is 120. The van der Waals surface area contributed by atoms with Gasteiger partial charge in [-0.3, -0.25) is 4.79 Å². The maximum Gasteiger partial charge on any atom is 0.220 e. The Labute approximate surface area is 487 Å². The Morgan fingerprint density at radius 1 is 0.395 bits per heavy atom. The molecule has 0 spiro atoms. The number of carbonyl (C=O) groups is 1. The highest BCUT2D eigenvalue weighted by atomic mass is 16.8. The number of hydrogen-bond acceptors (Lipinski definition) is 18. The van der Waals surface area contributed by atoms with E-state index in [1.807, 2.05) is 0 Å². The number of nitrogens with one attached hydrogen (secondary N) is 1. The first-order chi connectivity index (χ1) is 39.3. The molecule has 3 aliphatic heterocycles. The van der Waals surface area contributed by atoms with E-state index < -0.39 is 124 Å².